The number of hydrogen-bond acceptors (Lipinski definition) is 4. The first-order valence-corrected chi connectivity index (χ1v) is 8.82. The quantitative estimate of drug-likeness (QED) is 0.653. The first-order valence-electron chi connectivity index (χ1n) is 7.65. The second-order valence-electron chi connectivity index (χ2n) is 5.66. The summed E-state index contributed by atoms with van der Waals surface area (Å²) in [5, 5.41) is 0.131. The van der Waals surface area contributed by atoms with Crippen molar-refractivity contribution in [1.29, 1.82) is 0 Å². The van der Waals surface area contributed by atoms with Crippen molar-refractivity contribution in [2.24, 2.45) is 0 Å². The van der Waals surface area contributed by atoms with E-state index in [1.807, 2.05) is 4.90 Å². The minimum atomic E-state index is -4.42. The van der Waals surface area contributed by atoms with E-state index in [1.54, 1.807) is 11.1 Å². The Labute approximate surface area is 160 Å². The third-order valence-corrected chi connectivity index (χ3v) is 4.76. The lowest BCUT2D eigenvalue weighted by Gasteiger charge is -2.35. The SMILES string of the molecule is O=C(c1ccc(C(F)(F)F)cc1)N1CCN(c2nc(Cl)ncc2Br)CC1. The Morgan fingerprint density at radius 2 is 1.73 bits per heavy atom. The summed E-state index contributed by atoms with van der Waals surface area (Å²) in [7, 11) is 0. The number of halogens is 5. The zero-order chi connectivity index (χ0) is 18.9. The van der Waals surface area contributed by atoms with E-state index in [4.69, 9.17) is 11.6 Å². The number of alkyl halides is 3. The van der Waals surface area contributed by atoms with Crippen LogP contribution in [0, 0.1) is 0 Å². The van der Waals surface area contributed by atoms with Crippen molar-refractivity contribution < 1.29 is 18.0 Å². The maximum Gasteiger partial charge on any atom is 0.416 e. The van der Waals surface area contributed by atoms with Gasteiger partial charge in [-0.25, -0.2) is 4.98 Å². The van der Waals surface area contributed by atoms with Crippen LogP contribution in [0.25, 0.3) is 0 Å². The van der Waals surface area contributed by atoms with Gasteiger partial charge in [0.2, 0.25) is 5.28 Å². The van der Waals surface area contributed by atoms with Crippen LogP contribution >= 0.6 is 27.5 Å². The molecule has 0 atom stereocenters. The highest BCUT2D eigenvalue weighted by molar-refractivity contribution is 9.10. The molecule has 1 aromatic heterocycles. The van der Waals surface area contributed by atoms with E-state index in [0.29, 0.717) is 36.5 Å². The summed E-state index contributed by atoms with van der Waals surface area (Å²) in [6.45, 7) is 1.90. The van der Waals surface area contributed by atoms with Crippen LogP contribution < -0.4 is 4.90 Å². The lowest BCUT2D eigenvalue weighted by molar-refractivity contribution is -0.137. The van der Waals surface area contributed by atoms with Crippen LogP contribution in [0.5, 0.6) is 0 Å². The number of amides is 1. The number of anilines is 1. The van der Waals surface area contributed by atoms with E-state index in [1.165, 1.54) is 12.1 Å². The zero-order valence-corrected chi connectivity index (χ0v) is 15.6. The fourth-order valence-electron chi connectivity index (χ4n) is 2.66. The van der Waals surface area contributed by atoms with Crippen LogP contribution in [-0.4, -0.2) is 47.0 Å². The summed E-state index contributed by atoms with van der Waals surface area (Å²) in [4.78, 5) is 24.1. The van der Waals surface area contributed by atoms with Crippen molar-refractivity contribution in [3.8, 4) is 0 Å². The second-order valence-corrected chi connectivity index (χ2v) is 6.86. The summed E-state index contributed by atoms with van der Waals surface area (Å²) in [6.07, 6.45) is -2.86. The predicted molar refractivity (Wildman–Crippen MR) is 94.3 cm³/mol. The number of benzene rings is 1. The van der Waals surface area contributed by atoms with Crippen LogP contribution in [0.3, 0.4) is 0 Å². The summed E-state index contributed by atoms with van der Waals surface area (Å²) < 4.78 is 38.5. The third kappa shape index (κ3) is 4.09. The van der Waals surface area contributed by atoms with Gasteiger partial charge in [0.15, 0.2) is 0 Å². The Bertz CT molecular complexity index is 808. The van der Waals surface area contributed by atoms with Crippen molar-refractivity contribution >= 4 is 39.3 Å². The summed E-state index contributed by atoms with van der Waals surface area (Å²) >= 11 is 9.20. The van der Waals surface area contributed by atoms with E-state index < -0.39 is 11.7 Å². The number of carbonyl (C=O) groups excluding carboxylic acids is 1. The minimum Gasteiger partial charge on any atom is -0.352 e. The number of carbonyl (C=O) groups is 1. The molecule has 1 aliphatic rings. The fourth-order valence-corrected chi connectivity index (χ4v) is 3.24. The first kappa shape index (κ1) is 18.9. The standard InChI is InChI=1S/C16H13BrClF3N4O/c17-12-9-22-15(18)23-13(12)24-5-7-25(8-6-24)14(26)10-1-3-11(4-2-10)16(19,20)21/h1-4,9H,5-8H2. The van der Waals surface area contributed by atoms with Crippen LogP contribution in [-0.2, 0) is 6.18 Å². The molecule has 0 bridgehead atoms. The van der Waals surface area contributed by atoms with E-state index in [-0.39, 0.29) is 16.8 Å². The van der Waals surface area contributed by atoms with Gasteiger partial charge >= 0.3 is 6.18 Å². The molecule has 1 aromatic carbocycles. The van der Waals surface area contributed by atoms with Gasteiger partial charge in [-0.2, -0.15) is 18.2 Å². The highest BCUT2D eigenvalue weighted by Crippen LogP contribution is 2.29. The monoisotopic (exact) mass is 448 g/mol. The molecule has 138 valence electrons. The van der Waals surface area contributed by atoms with Gasteiger partial charge < -0.3 is 9.80 Å². The molecule has 5 nitrogen and oxygen atoms in total. The Kier molecular flexibility index (Phi) is 5.38. The van der Waals surface area contributed by atoms with Gasteiger partial charge in [-0.15, -0.1) is 0 Å². The van der Waals surface area contributed by atoms with Crippen molar-refractivity contribution in [1.82, 2.24) is 14.9 Å². The van der Waals surface area contributed by atoms with Gasteiger partial charge in [0.1, 0.15) is 5.82 Å². The highest BCUT2D eigenvalue weighted by atomic mass is 79.9. The number of hydrogen-bond donors (Lipinski definition) is 0. The van der Waals surface area contributed by atoms with Gasteiger partial charge in [-0.05, 0) is 51.8 Å². The van der Waals surface area contributed by atoms with Crippen molar-refractivity contribution in [2.45, 2.75) is 6.18 Å². The molecule has 3 rings (SSSR count). The molecule has 2 heterocycles. The maximum atomic E-state index is 12.6. The first-order chi connectivity index (χ1) is 12.3. The highest BCUT2D eigenvalue weighted by Gasteiger charge is 2.31. The van der Waals surface area contributed by atoms with Gasteiger partial charge in [-0.3, -0.25) is 4.79 Å². The molecule has 1 fully saturated rings. The van der Waals surface area contributed by atoms with Crippen LogP contribution in [0.2, 0.25) is 5.28 Å². The molecule has 10 heteroatoms. The molecule has 26 heavy (non-hydrogen) atoms. The Balaban J connectivity index is 1.66. The number of rotatable bonds is 2. The molecule has 0 radical (unpaired) electrons. The van der Waals surface area contributed by atoms with Crippen LogP contribution in [0.1, 0.15) is 15.9 Å². The average Bonchev–Trinajstić information content (AvgIpc) is 2.63. The van der Waals surface area contributed by atoms with E-state index in [9.17, 15) is 18.0 Å². The summed E-state index contributed by atoms with van der Waals surface area (Å²) in [5.74, 6) is 0.352. The molecule has 2 aromatic rings. The predicted octanol–water partition coefficient (Wildman–Crippen LogP) is 3.87. The number of aromatic nitrogens is 2. The van der Waals surface area contributed by atoms with Crippen molar-refractivity contribution in [3.63, 3.8) is 0 Å². The van der Waals surface area contributed by atoms with E-state index in [2.05, 4.69) is 25.9 Å². The van der Waals surface area contributed by atoms with Gasteiger partial charge in [0.05, 0.1) is 10.0 Å². The van der Waals surface area contributed by atoms with E-state index >= 15 is 0 Å². The topological polar surface area (TPSA) is 49.3 Å². The molecule has 0 unspecified atom stereocenters. The molecule has 0 spiro atoms. The average molecular weight is 450 g/mol. The lowest BCUT2D eigenvalue weighted by atomic mass is 10.1. The Morgan fingerprint density at radius 1 is 1.12 bits per heavy atom. The van der Waals surface area contributed by atoms with Crippen molar-refractivity contribution in [2.75, 3.05) is 31.1 Å². The molecule has 1 amide bonds. The molecule has 0 N–H and O–H groups in total. The largest absolute Gasteiger partial charge is 0.416 e. The van der Waals surface area contributed by atoms with Crippen LogP contribution in [0.15, 0.2) is 34.9 Å². The summed E-state index contributed by atoms with van der Waals surface area (Å²) in [6, 6.07) is 4.25. The number of nitrogens with zero attached hydrogens (tertiary/aromatic N) is 4. The Morgan fingerprint density at radius 3 is 2.31 bits per heavy atom. The zero-order valence-electron chi connectivity index (χ0n) is 13.3. The summed E-state index contributed by atoms with van der Waals surface area (Å²) in [5.41, 5.74) is -0.540. The van der Waals surface area contributed by atoms with Crippen molar-refractivity contribution in [3.05, 3.63) is 51.3 Å². The molecule has 0 aliphatic carbocycles. The Hall–Kier alpha value is -1.87. The second kappa shape index (κ2) is 7.40. The smallest absolute Gasteiger partial charge is 0.352 e. The number of piperazine rings is 1. The van der Waals surface area contributed by atoms with Crippen LogP contribution in [0.4, 0.5) is 19.0 Å². The van der Waals surface area contributed by atoms with Gasteiger partial charge in [0, 0.05) is 37.9 Å². The molecule has 1 saturated heterocycles. The van der Waals surface area contributed by atoms with Gasteiger partial charge in [0.25, 0.3) is 5.91 Å². The molecular weight excluding hydrogens is 437 g/mol. The lowest BCUT2D eigenvalue weighted by Crippen LogP contribution is -2.49. The molecule has 1 aliphatic heterocycles. The van der Waals surface area contributed by atoms with E-state index in [0.717, 1.165) is 12.1 Å². The third-order valence-electron chi connectivity index (χ3n) is 4.02. The normalized spacial score (nSPS) is 15.3. The minimum absolute atomic E-state index is 0.131. The molecular formula is C16H13BrClF3N4O. The fraction of sp³-hybridized carbons (Fsp3) is 0.312. The molecule has 0 saturated carbocycles. The maximum absolute atomic E-state index is 12.6. The van der Waals surface area contributed by atoms with Gasteiger partial charge in [-0.1, -0.05) is 0 Å².